The minimum absolute atomic E-state index is 0.0122. The number of ether oxygens (including phenoxy) is 1. The van der Waals surface area contributed by atoms with Crippen LogP contribution in [-0.2, 0) is 14.3 Å². The van der Waals surface area contributed by atoms with Gasteiger partial charge in [-0.2, -0.15) is 0 Å². The SMILES string of the molecule is CCN1CCOC(=O)C1CC(=O)Nc1ccc(F)c(Cl)c1. The van der Waals surface area contributed by atoms with E-state index in [1.54, 1.807) is 0 Å². The molecule has 1 heterocycles. The third-order valence-electron chi connectivity index (χ3n) is 3.32. The predicted octanol–water partition coefficient (Wildman–Crippen LogP) is 2.05. The van der Waals surface area contributed by atoms with Crippen LogP contribution >= 0.6 is 11.6 Å². The molecular formula is C14H16ClFN2O3. The average molecular weight is 315 g/mol. The van der Waals surface area contributed by atoms with Crippen molar-refractivity contribution in [2.75, 3.05) is 25.0 Å². The Hall–Kier alpha value is -1.66. The van der Waals surface area contributed by atoms with Crippen LogP contribution in [0.4, 0.5) is 10.1 Å². The van der Waals surface area contributed by atoms with Gasteiger partial charge in [-0.15, -0.1) is 0 Å². The highest BCUT2D eigenvalue weighted by Gasteiger charge is 2.32. The molecule has 1 unspecified atom stereocenters. The number of hydrogen-bond donors (Lipinski definition) is 1. The largest absolute Gasteiger partial charge is 0.463 e. The number of likely N-dealkylation sites (N-methyl/N-ethyl adjacent to an activating group) is 1. The first-order valence-electron chi connectivity index (χ1n) is 6.67. The van der Waals surface area contributed by atoms with Crippen molar-refractivity contribution in [1.29, 1.82) is 0 Å². The number of esters is 1. The quantitative estimate of drug-likeness (QED) is 0.864. The molecule has 1 aromatic carbocycles. The molecule has 1 aliphatic rings. The molecule has 1 aliphatic heterocycles. The second-order valence-corrected chi connectivity index (χ2v) is 5.10. The maximum atomic E-state index is 13.0. The molecule has 0 aliphatic carbocycles. The third kappa shape index (κ3) is 3.92. The van der Waals surface area contributed by atoms with E-state index in [2.05, 4.69) is 5.32 Å². The summed E-state index contributed by atoms with van der Waals surface area (Å²) in [5.74, 6) is -1.29. The highest BCUT2D eigenvalue weighted by molar-refractivity contribution is 6.31. The van der Waals surface area contributed by atoms with Gasteiger partial charge in [-0.3, -0.25) is 14.5 Å². The van der Waals surface area contributed by atoms with E-state index < -0.39 is 17.8 Å². The summed E-state index contributed by atoms with van der Waals surface area (Å²) in [6.07, 6.45) is -0.0122. The molecule has 1 aromatic rings. The molecule has 1 amide bonds. The lowest BCUT2D eigenvalue weighted by Crippen LogP contribution is -2.50. The highest BCUT2D eigenvalue weighted by Crippen LogP contribution is 2.20. The molecular weight excluding hydrogens is 299 g/mol. The molecule has 2 rings (SSSR count). The van der Waals surface area contributed by atoms with Gasteiger partial charge in [0.1, 0.15) is 18.5 Å². The number of cyclic esters (lactones) is 1. The van der Waals surface area contributed by atoms with Gasteiger partial charge in [0.25, 0.3) is 0 Å². The van der Waals surface area contributed by atoms with Crippen LogP contribution in [0.5, 0.6) is 0 Å². The van der Waals surface area contributed by atoms with Crippen molar-refractivity contribution < 1.29 is 18.7 Å². The van der Waals surface area contributed by atoms with Gasteiger partial charge in [0.2, 0.25) is 5.91 Å². The Morgan fingerprint density at radius 1 is 1.57 bits per heavy atom. The van der Waals surface area contributed by atoms with Gasteiger partial charge in [-0.05, 0) is 24.7 Å². The van der Waals surface area contributed by atoms with Crippen molar-refractivity contribution in [3.8, 4) is 0 Å². The van der Waals surface area contributed by atoms with Crippen LogP contribution in [0.1, 0.15) is 13.3 Å². The zero-order valence-electron chi connectivity index (χ0n) is 11.6. The van der Waals surface area contributed by atoms with Crippen LogP contribution in [0.25, 0.3) is 0 Å². The van der Waals surface area contributed by atoms with Crippen LogP contribution in [-0.4, -0.2) is 42.5 Å². The fourth-order valence-corrected chi connectivity index (χ4v) is 2.40. The summed E-state index contributed by atoms with van der Waals surface area (Å²) in [6.45, 7) is 3.54. The summed E-state index contributed by atoms with van der Waals surface area (Å²) in [7, 11) is 0. The first kappa shape index (κ1) is 15.7. The van der Waals surface area contributed by atoms with E-state index in [0.29, 0.717) is 25.4 Å². The fraction of sp³-hybridized carbons (Fsp3) is 0.429. The number of nitrogens with zero attached hydrogens (tertiary/aromatic N) is 1. The minimum atomic E-state index is -0.584. The summed E-state index contributed by atoms with van der Waals surface area (Å²) in [5, 5.41) is 2.53. The normalized spacial score (nSPS) is 19.2. The van der Waals surface area contributed by atoms with Gasteiger partial charge in [-0.1, -0.05) is 18.5 Å². The summed E-state index contributed by atoms with van der Waals surface area (Å²) >= 11 is 5.65. The third-order valence-corrected chi connectivity index (χ3v) is 3.61. The van der Waals surface area contributed by atoms with Gasteiger partial charge in [0.15, 0.2) is 0 Å². The van der Waals surface area contributed by atoms with E-state index in [1.807, 2.05) is 11.8 Å². The molecule has 5 nitrogen and oxygen atoms in total. The molecule has 0 saturated carbocycles. The number of carbonyl (C=O) groups is 2. The minimum Gasteiger partial charge on any atom is -0.463 e. The number of anilines is 1. The van der Waals surface area contributed by atoms with E-state index in [9.17, 15) is 14.0 Å². The van der Waals surface area contributed by atoms with Crippen LogP contribution < -0.4 is 5.32 Å². The van der Waals surface area contributed by atoms with Crippen LogP contribution in [0.2, 0.25) is 5.02 Å². The topological polar surface area (TPSA) is 58.6 Å². The molecule has 21 heavy (non-hydrogen) atoms. The standard InChI is InChI=1S/C14H16ClFN2O3/c1-2-18-5-6-21-14(20)12(18)8-13(19)17-9-3-4-11(16)10(15)7-9/h3-4,7,12H,2,5-6,8H2,1H3,(H,17,19). The maximum absolute atomic E-state index is 13.0. The van der Waals surface area contributed by atoms with Gasteiger partial charge < -0.3 is 10.1 Å². The lowest BCUT2D eigenvalue weighted by molar-refractivity contribution is -0.158. The smallest absolute Gasteiger partial charge is 0.323 e. The van der Waals surface area contributed by atoms with Gasteiger partial charge >= 0.3 is 5.97 Å². The van der Waals surface area contributed by atoms with E-state index >= 15 is 0 Å². The Balaban J connectivity index is 1.99. The molecule has 0 radical (unpaired) electrons. The Morgan fingerprint density at radius 2 is 2.33 bits per heavy atom. The number of benzene rings is 1. The predicted molar refractivity (Wildman–Crippen MR) is 76.7 cm³/mol. The molecule has 0 bridgehead atoms. The second-order valence-electron chi connectivity index (χ2n) is 4.69. The van der Waals surface area contributed by atoms with E-state index in [4.69, 9.17) is 16.3 Å². The Bertz CT molecular complexity index is 553. The zero-order chi connectivity index (χ0) is 15.4. The van der Waals surface area contributed by atoms with E-state index in [0.717, 1.165) is 0 Å². The number of morpholine rings is 1. The first-order chi connectivity index (χ1) is 10.0. The number of rotatable bonds is 4. The summed E-state index contributed by atoms with van der Waals surface area (Å²) < 4.78 is 18.0. The maximum Gasteiger partial charge on any atom is 0.323 e. The van der Waals surface area contributed by atoms with Crippen molar-refractivity contribution in [3.05, 3.63) is 29.0 Å². The molecule has 114 valence electrons. The van der Waals surface area contributed by atoms with Gasteiger partial charge in [-0.25, -0.2) is 4.39 Å². The highest BCUT2D eigenvalue weighted by atomic mass is 35.5. The Morgan fingerprint density at radius 3 is 3.00 bits per heavy atom. The van der Waals surface area contributed by atoms with E-state index in [1.165, 1.54) is 18.2 Å². The number of nitrogens with one attached hydrogen (secondary N) is 1. The van der Waals surface area contributed by atoms with Gasteiger partial charge in [0, 0.05) is 12.2 Å². The average Bonchev–Trinajstić information content (AvgIpc) is 2.45. The van der Waals surface area contributed by atoms with Crippen molar-refractivity contribution >= 4 is 29.2 Å². The Kier molecular flexibility index (Phi) is 5.14. The van der Waals surface area contributed by atoms with Crippen molar-refractivity contribution in [1.82, 2.24) is 4.90 Å². The van der Waals surface area contributed by atoms with Crippen molar-refractivity contribution in [3.63, 3.8) is 0 Å². The molecule has 1 atom stereocenters. The molecule has 1 N–H and O–H groups in total. The monoisotopic (exact) mass is 314 g/mol. The number of halogens is 2. The molecule has 0 aromatic heterocycles. The van der Waals surface area contributed by atoms with Crippen LogP contribution in [0.15, 0.2) is 18.2 Å². The van der Waals surface area contributed by atoms with Gasteiger partial charge in [0.05, 0.1) is 11.4 Å². The van der Waals surface area contributed by atoms with E-state index in [-0.39, 0.29) is 17.4 Å². The number of carbonyl (C=O) groups excluding carboxylic acids is 2. The first-order valence-corrected chi connectivity index (χ1v) is 7.04. The fourth-order valence-electron chi connectivity index (χ4n) is 2.22. The van der Waals surface area contributed by atoms with Crippen LogP contribution in [0.3, 0.4) is 0 Å². The summed E-state index contributed by atoms with van der Waals surface area (Å²) in [4.78, 5) is 25.6. The molecule has 1 fully saturated rings. The lowest BCUT2D eigenvalue weighted by Gasteiger charge is -2.32. The molecule has 1 saturated heterocycles. The molecule has 0 spiro atoms. The summed E-state index contributed by atoms with van der Waals surface area (Å²) in [5.41, 5.74) is 0.388. The Labute approximate surface area is 127 Å². The lowest BCUT2D eigenvalue weighted by atomic mass is 10.1. The van der Waals surface area contributed by atoms with Crippen molar-refractivity contribution in [2.45, 2.75) is 19.4 Å². The number of amides is 1. The number of hydrogen-bond acceptors (Lipinski definition) is 4. The molecule has 7 heteroatoms. The van der Waals surface area contributed by atoms with Crippen LogP contribution in [0, 0.1) is 5.82 Å². The zero-order valence-corrected chi connectivity index (χ0v) is 12.3. The van der Waals surface area contributed by atoms with Crippen molar-refractivity contribution in [2.24, 2.45) is 0 Å². The summed E-state index contributed by atoms with van der Waals surface area (Å²) in [6, 6.07) is 3.33. The second kappa shape index (κ2) is 6.87.